The van der Waals surface area contributed by atoms with Crippen molar-refractivity contribution in [2.75, 3.05) is 20.6 Å². The molecule has 1 aromatic heterocycles. The third kappa shape index (κ3) is 4.08. The highest BCUT2D eigenvalue weighted by Gasteiger charge is 2.15. The van der Waals surface area contributed by atoms with Crippen molar-refractivity contribution in [3.8, 4) is 0 Å². The zero-order chi connectivity index (χ0) is 18.5. The van der Waals surface area contributed by atoms with E-state index in [4.69, 9.17) is 0 Å². The molecular formula is C20H25N5O. The molecule has 1 N–H and O–H groups in total. The Morgan fingerprint density at radius 1 is 1.19 bits per heavy atom. The van der Waals surface area contributed by atoms with Crippen molar-refractivity contribution in [1.82, 2.24) is 25.2 Å². The fourth-order valence-electron chi connectivity index (χ4n) is 2.98. The lowest BCUT2D eigenvalue weighted by Crippen LogP contribution is -2.41. The summed E-state index contributed by atoms with van der Waals surface area (Å²) in [5.41, 5.74) is 3.56. The van der Waals surface area contributed by atoms with Gasteiger partial charge in [-0.2, -0.15) is 0 Å². The third-order valence-corrected chi connectivity index (χ3v) is 4.62. The first kappa shape index (κ1) is 18.1. The summed E-state index contributed by atoms with van der Waals surface area (Å²) in [7, 11) is 4.07. The summed E-state index contributed by atoms with van der Waals surface area (Å²) in [4.78, 5) is 14.7. The van der Waals surface area contributed by atoms with Crippen LogP contribution in [0.5, 0.6) is 0 Å². The van der Waals surface area contributed by atoms with E-state index in [1.165, 1.54) is 5.56 Å². The standard InChI is InChI=1S/C20H25N5O/c1-4-25-19-11-10-16(13-18(19)22-23-25)20(26)21-14-17(24(2)3)12-15-8-6-5-7-9-15/h5-11,13,17H,4,12,14H2,1-3H3,(H,21,26). The molecule has 3 rings (SSSR count). The molecule has 1 amide bonds. The lowest BCUT2D eigenvalue weighted by molar-refractivity contribution is 0.0942. The topological polar surface area (TPSA) is 63.1 Å². The van der Waals surface area contributed by atoms with Crippen LogP contribution in [0.25, 0.3) is 11.0 Å². The van der Waals surface area contributed by atoms with E-state index in [1.807, 2.05) is 56.0 Å². The summed E-state index contributed by atoms with van der Waals surface area (Å²) >= 11 is 0. The van der Waals surface area contributed by atoms with Gasteiger partial charge in [0.2, 0.25) is 0 Å². The average Bonchev–Trinajstić information content (AvgIpc) is 3.07. The van der Waals surface area contributed by atoms with Crippen molar-refractivity contribution < 1.29 is 4.79 Å². The van der Waals surface area contributed by atoms with Crippen LogP contribution >= 0.6 is 0 Å². The number of aryl methyl sites for hydroxylation is 1. The van der Waals surface area contributed by atoms with Crippen LogP contribution in [-0.4, -0.2) is 52.5 Å². The summed E-state index contributed by atoms with van der Waals surface area (Å²) in [5, 5.41) is 11.3. The Morgan fingerprint density at radius 3 is 2.65 bits per heavy atom. The van der Waals surface area contributed by atoms with Gasteiger partial charge in [0.1, 0.15) is 5.52 Å². The van der Waals surface area contributed by atoms with Crippen molar-refractivity contribution >= 4 is 16.9 Å². The Hall–Kier alpha value is -2.73. The van der Waals surface area contributed by atoms with Gasteiger partial charge in [-0.25, -0.2) is 4.68 Å². The normalized spacial score (nSPS) is 12.5. The SMILES string of the molecule is CCn1nnc2cc(C(=O)NCC(Cc3ccccc3)N(C)C)ccc21. The Bertz CT molecular complexity index is 872. The van der Waals surface area contributed by atoms with Gasteiger partial charge in [0.25, 0.3) is 5.91 Å². The van der Waals surface area contributed by atoms with Crippen LogP contribution in [0, 0.1) is 0 Å². The molecule has 0 aliphatic carbocycles. The third-order valence-electron chi connectivity index (χ3n) is 4.62. The van der Waals surface area contributed by atoms with Crippen LogP contribution < -0.4 is 5.32 Å². The van der Waals surface area contributed by atoms with Gasteiger partial charge >= 0.3 is 0 Å². The highest BCUT2D eigenvalue weighted by Crippen LogP contribution is 2.13. The molecule has 1 heterocycles. The predicted octanol–water partition coefficient (Wildman–Crippen LogP) is 2.35. The van der Waals surface area contributed by atoms with Crippen molar-refractivity contribution in [3.63, 3.8) is 0 Å². The summed E-state index contributed by atoms with van der Waals surface area (Å²) in [5.74, 6) is -0.0853. The maximum atomic E-state index is 12.6. The number of hydrogen-bond acceptors (Lipinski definition) is 4. The first-order valence-corrected chi connectivity index (χ1v) is 8.90. The minimum absolute atomic E-state index is 0.0853. The Morgan fingerprint density at radius 2 is 1.96 bits per heavy atom. The molecule has 0 bridgehead atoms. The molecule has 0 radical (unpaired) electrons. The second-order valence-electron chi connectivity index (χ2n) is 6.63. The minimum atomic E-state index is -0.0853. The molecule has 0 aliphatic rings. The summed E-state index contributed by atoms with van der Waals surface area (Å²) in [6.07, 6.45) is 0.887. The molecule has 0 saturated heterocycles. The quantitative estimate of drug-likeness (QED) is 0.710. The van der Waals surface area contributed by atoms with Crippen LogP contribution in [0.2, 0.25) is 0 Å². The van der Waals surface area contributed by atoms with Gasteiger partial charge in [0.15, 0.2) is 0 Å². The first-order chi connectivity index (χ1) is 12.6. The zero-order valence-corrected chi connectivity index (χ0v) is 15.5. The van der Waals surface area contributed by atoms with E-state index in [2.05, 4.69) is 32.7 Å². The second kappa shape index (κ2) is 8.10. The summed E-state index contributed by atoms with van der Waals surface area (Å²) in [6.45, 7) is 3.36. The Labute approximate surface area is 153 Å². The van der Waals surface area contributed by atoms with E-state index < -0.39 is 0 Å². The summed E-state index contributed by atoms with van der Waals surface area (Å²) in [6, 6.07) is 16.1. The van der Waals surface area contributed by atoms with E-state index in [-0.39, 0.29) is 11.9 Å². The fraction of sp³-hybridized carbons (Fsp3) is 0.350. The number of carbonyl (C=O) groups is 1. The number of nitrogens with one attached hydrogen (secondary N) is 1. The smallest absolute Gasteiger partial charge is 0.251 e. The van der Waals surface area contributed by atoms with E-state index in [0.29, 0.717) is 12.1 Å². The number of aromatic nitrogens is 3. The molecule has 1 atom stereocenters. The van der Waals surface area contributed by atoms with Crippen LogP contribution in [0.1, 0.15) is 22.8 Å². The van der Waals surface area contributed by atoms with E-state index in [1.54, 1.807) is 6.07 Å². The molecule has 2 aromatic carbocycles. The van der Waals surface area contributed by atoms with E-state index in [0.717, 1.165) is 24.0 Å². The van der Waals surface area contributed by atoms with Crippen molar-refractivity contribution in [1.29, 1.82) is 0 Å². The van der Waals surface area contributed by atoms with Crippen LogP contribution in [0.15, 0.2) is 48.5 Å². The lowest BCUT2D eigenvalue weighted by Gasteiger charge is -2.24. The minimum Gasteiger partial charge on any atom is -0.350 e. The molecule has 0 fully saturated rings. The molecule has 136 valence electrons. The number of rotatable bonds is 7. The second-order valence-corrected chi connectivity index (χ2v) is 6.63. The van der Waals surface area contributed by atoms with Crippen LogP contribution in [-0.2, 0) is 13.0 Å². The molecular weight excluding hydrogens is 326 g/mol. The summed E-state index contributed by atoms with van der Waals surface area (Å²) < 4.78 is 1.82. The van der Waals surface area contributed by atoms with Gasteiger partial charge in [0.05, 0.1) is 5.52 Å². The van der Waals surface area contributed by atoms with E-state index >= 15 is 0 Å². The van der Waals surface area contributed by atoms with Gasteiger partial charge in [-0.15, -0.1) is 5.10 Å². The predicted molar refractivity (Wildman–Crippen MR) is 103 cm³/mol. The number of carbonyl (C=O) groups excluding carboxylic acids is 1. The number of likely N-dealkylation sites (N-methyl/N-ethyl adjacent to an activating group) is 1. The van der Waals surface area contributed by atoms with Gasteiger partial charge in [-0.1, -0.05) is 35.5 Å². The maximum Gasteiger partial charge on any atom is 0.251 e. The molecule has 26 heavy (non-hydrogen) atoms. The Kier molecular flexibility index (Phi) is 5.63. The molecule has 3 aromatic rings. The Balaban J connectivity index is 1.66. The molecule has 0 saturated carbocycles. The zero-order valence-electron chi connectivity index (χ0n) is 15.5. The van der Waals surface area contributed by atoms with Gasteiger partial charge < -0.3 is 10.2 Å². The van der Waals surface area contributed by atoms with E-state index in [9.17, 15) is 4.79 Å². The average molecular weight is 351 g/mol. The van der Waals surface area contributed by atoms with Crippen LogP contribution in [0.4, 0.5) is 0 Å². The van der Waals surface area contributed by atoms with Gasteiger partial charge in [-0.3, -0.25) is 4.79 Å². The van der Waals surface area contributed by atoms with Crippen molar-refractivity contribution in [2.24, 2.45) is 0 Å². The monoisotopic (exact) mass is 351 g/mol. The molecule has 1 unspecified atom stereocenters. The van der Waals surface area contributed by atoms with Gasteiger partial charge in [0, 0.05) is 24.7 Å². The van der Waals surface area contributed by atoms with Crippen molar-refractivity contribution in [3.05, 3.63) is 59.7 Å². The van der Waals surface area contributed by atoms with Gasteiger partial charge in [-0.05, 0) is 51.2 Å². The lowest BCUT2D eigenvalue weighted by atomic mass is 10.0. The number of benzene rings is 2. The van der Waals surface area contributed by atoms with Crippen LogP contribution in [0.3, 0.4) is 0 Å². The van der Waals surface area contributed by atoms with Crippen molar-refractivity contribution in [2.45, 2.75) is 25.9 Å². The molecule has 6 nitrogen and oxygen atoms in total. The molecule has 0 aliphatic heterocycles. The molecule has 6 heteroatoms. The highest BCUT2D eigenvalue weighted by molar-refractivity contribution is 5.97. The fourth-order valence-corrected chi connectivity index (χ4v) is 2.98. The number of fused-ring (bicyclic) bond motifs is 1. The number of hydrogen-bond donors (Lipinski definition) is 1. The molecule has 0 spiro atoms. The largest absolute Gasteiger partial charge is 0.350 e. The first-order valence-electron chi connectivity index (χ1n) is 8.90. The number of amides is 1. The maximum absolute atomic E-state index is 12.6. The number of nitrogens with zero attached hydrogens (tertiary/aromatic N) is 4. The highest BCUT2D eigenvalue weighted by atomic mass is 16.1.